The summed E-state index contributed by atoms with van der Waals surface area (Å²) in [6.07, 6.45) is 2.79. The Labute approximate surface area is 296 Å². The van der Waals surface area contributed by atoms with Crippen LogP contribution in [-0.2, 0) is 33.6 Å². The number of carbonyl (C=O) groups excluding carboxylic acids is 1. The molecule has 1 unspecified atom stereocenters. The van der Waals surface area contributed by atoms with Crippen LogP contribution in [0.4, 0.5) is 10.5 Å². The molecule has 14 heteroatoms. The number of ether oxygens (including phenoxy) is 1. The second-order valence-corrected chi connectivity index (χ2v) is 16.6. The maximum atomic E-state index is 14.0. The molecule has 0 saturated heterocycles. The molecule has 0 fully saturated rings. The first-order valence-electron chi connectivity index (χ1n) is 17.1. The predicted molar refractivity (Wildman–Crippen MR) is 197 cm³/mol. The number of anilines is 1. The van der Waals surface area contributed by atoms with Gasteiger partial charge in [0.1, 0.15) is 5.75 Å². The van der Waals surface area contributed by atoms with Crippen molar-refractivity contribution >= 4 is 49.5 Å². The monoisotopic (exact) mass is 739 g/mol. The lowest BCUT2D eigenvalue weighted by molar-refractivity contribution is 0.195. The molecule has 0 bridgehead atoms. The Balaban J connectivity index is 1.92. The summed E-state index contributed by atoms with van der Waals surface area (Å²) in [5.41, 5.74) is 2.00. The van der Waals surface area contributed by atoms with Gasteiger partial charge >= 0.3 is 21.3 Å². The molecule has 272 valence electrons. The van der Waals surface area contributed by atoms with Crippen molar-refractivity contribution < 1.29 is 36.8 Å². The van der Waals surface area contributed by atoms with Crippen LogP contribution < -0.4 is 9.64 Å². The minimum atomic E-state index is -3.93. The average molecular weight is 740 g/mol. The van der Waals surface area contributed by atoms with Crippen molar-refractivity contribution in [2.24, 2.45) is 0 Å². The molecule has 3 aromatic rings. The van der Waals surface area contributed by atoms with Crippen molar-refractivity contribution in [2.45, 2.75) is 79.2 Å². The predicted octanol–water partition coefficient (Wildman–Crippen LogP) is 9.80. The van der Waals surface area contributed by atoms with Gasteiger partial charge in [-0.3, -0.25) is 19.0 Å². The summed E-state index contributed by atoms with van der Waals surface area (Å²) in [4.78, 5) is 22.5. The standard InChI is InChI=1S/C35H52ClN3O8P2/c1-8-38(9-2)24-14-15-27(7)39(33-22-23-37-32-26-29(36)18-21-31(32)33)35(40)47-30-19-16-28(17-20-30)25-34(48(41,43-10-3)44-11-4)49(42,45-12-5)46-13-6/h16-23,26-27,34H,8-15,24-25H2,1-7H3. The van der Waals surface area contributed by atoms with Gasteiger partial charge in [0, 0.05) is 22.6 Å². The molecular formula is C35H52ClN3O8P2. The summed E-state index contributed by atoms with van der Waals surface area (Å²) in [7, 11) is -7.87. The Hall–Kier alpha value is -2.33. The Morgan fingerprint density at radius 1 is 0.837 bits per heavy atom. The first-order valence-corrected chi connectivity index (χ1v) is 20.7. The van der Waals surface area contributed by atoms with E-state index in [0.29, 0.717) is 27.5 Å². The van der Waals surface area contributed by atoms with Gasteiger partial charge in [0.15, 0.2) is 5.40 Å². The van der Waals surface area contributed by atoms with Crippen LogP contribution in [0.3, 0.4) is 0 Å². The highest BCUT2D eigenvalue weighted by Gasteiger charge is 2.50. The highest BCUT2D eigenvalue weighted by Crippen LogP contribution is 2.71. The van der Waals surface area contributed by atoms with E-state index < -0.39 is 26.7 Å². The maximum absolute atomic E-state index is 14.0. The number of rotatable bonds is 21. The van der Waals surface area contributed by atoms with Crippen LogP contribution >= 0.6 is 26.8 Å². The number of hydrogen-bond donors (Lipinski definition) is 0. The van der Waals surface area contributed by atoms with Gasteiger partial charge in [0.2, 0.25) is 0 Å². The Bertz CT molecular complexity index is 1520. The summed E-state index contributed by atoms with van der Waals surface area (Å²) in [5, 5.41) is 0.134. The number of pyridine rings is 1. The van der Waals surface area contributed by atoms with E-state index in [0.717, 1.165) is 37.9 Å². The number of nitrogens with zero attached hydrogens (tertiary/aromatic N) is 3. The largest absolute Gasteiger partial charge is 0.420 e. The number of hydrogen-bond acceptors (Lipinski definition) is 10. The van der Waals surface area contributed by atoms with Gasteiger partial charge < -0.3 is 27.7 Å². The van der Waals surface area contributed by atoms with Crippen LogP contribution in [0.15, 0.2) is 54.7 Å². The van der Waals surface area contributed by atoms with Crippen LogP contribution in [-0.4, -0.2) is 73.5 Å². The Morgan fingerprint density at radius 2 is 1.41 bits per heavy atom. The zero-order valence-electron chi connectivity index (χ0n) is 29.8. The fourth-order valence-electron chi connectivity index (χ4n) is 5.70. The van der Waals surface area contributed by atoms with E-state index in [1.807, 2.05) is 19.1 Å². The van der Waals surface area contributed by atoms with Gasteiger partial charge in [-0.15, -0.1) is 0 Å². The SMILES string of the molecule is CCOP(=O)(OCC)C(Cc1ccc(OC(=O)N(c2ccnc3cc(Cl)ccc23)C(C)CCCN(CC)CC)cc1)P(=O)(OCC)OCC. The molecule has 0 saturated carbocycles. The topological polar surface area (TPSA) is 117 Å². The molecule has 0 radical (unpaired) electrons. The number of aromatic nitrogens is 1. The van der Waals surface area contributed by atoms with Crippen molar-refractivity contribution in [1.29, 1.82) is 0 Å². The van der Waals surface area contributed by atoms with Gasteiger partial charge in [-0.2, -0.15) is 0 Å². The number of carbonyl (C=O) groups is 1. The lowest BCUT2D eigenvalue weighted by atomic mass is 10.1. The summed E-state index contributed by atoms with van der Waals surface area (Å²) in [5.74, 6) is 0.308. The first-order chi connectivity index (χ1) is 23.5. The summed E-state index contributed by atoms with van der Waals surface area (Å²) >= 11 is 6.26. The lowest BCUT2D eigenvalue weighted by Gasteiger charge is -2.31. The molecular weight excluding hydrogens is 688 g/mol. The van der Waals surface area contributed by atoms with E-state index in [1.165, 1.54) is 0 Å². The van der Waals surface area contributed by atoms with Gasteiger partial charge in [0.25, 0.3) is 0 Å². The summed E-state index contributed by atoms with van der Waals surface area (Å²) < 4.78 is 56.4. The van der Waals surface area contributed by atoms with E-state index in [4.69, 9.17) is 34.4 Å². The molecule has 0 spiro atoms. The molecule has 0 aliphatic heterocycles. The van der Waals surface area contributed by atoms with E-state index >= 15 is 0 Å². The smallest absolute Gasteiger partial charge is 0.410 e. The molecule has 0 N–H and O–H groups in total. The quantitative estimate of drug-likeness (QED) is 0.0978. The zero-order chi connectivity index (χ0) is 36.0. The highest BCUT2D eigenvalue weighted by molar-refractivity contribution is 7.72. The maximum Gasteiger partial charge on any atom is 0.420 e. The second-order valence-electron chi connectivity index (χ2n) is 11.3. The Kier molecular flexibility index (Phi) is 16.7. The van der Waals surface area contributed by atoms with Gasteiger partial charge in [-0.25, -0.2) is 4.79 Å². The molecule has 1 amide bonds. The van der Waals surface area contributed by atoms with Gasteiger partial charge in [-0.05, 0) is 115 Å². The fraction of sp³-hybridized carbons (Fsp3) is 0.543. The van der Waals surface area contributed by atoms with Crippen molar-refractivity contribution in [3.8, 4) is 5.75 Å². The van der Waals surface area contributed by atoms with E-state index in [1.54, 1.807) is 75.2 Å². The molecule has 0 aliphatic carbocycles. The minimum Gasteiger partial charge on any atom is -0.410 e. The number of halogens is 1. The molecule has 0 aliphatic rings. The van der Waals surface area contributed by atoms with E-state index in [9.17, 15) is 13.9 Å². The molecule has 2 aromatic carbocycles. The highest BCUT2D eigenvalue weighted by atomic mass is 35.5. The summed E-state index contributed by atoms with van der Waals surface area (Å²) in [6, 6.07) is 13.8. The molecule has 1 heterocycles. The summed E-state index contributed by atoms with van der Waals surface area (Å²) in [6.45, 7) is 16.3. The number of benzene rings is 2. The molecule has 1 atom stereocenters. The van der Waals surface area contributed by atoms with Crippen LogP contribution in [0.25, 0.3) is 10.9 Å². The normalized spacial score (nSPS) is 12.9. The van der Waals surface area contributed by atoms with Crippen molar-refractivity contribution in [3.05, 3.63) is 65.3 Å². The third-order valence-electron chi connectivity index (χ3n) is 8.08. The van der Waals surface area contributed by atoms with Crippen LogP contribution in [0.2, 0.25) is 5.02 Å². The van der Waals surface area contributed by atoms with Gasteiger partial charge in [0.05, 0.1) is 37.6 Å². The van der Waals surface area contributed by atoms with Crippen molar-refractivity contribution in [2.75, 3.05) is 51.0 Å². The van der Waals surface area contributed by atoms with E-state index in [-0.39, 0.29) is 38.9 Å². The Morgan fingerprint density at radius 3 is 1.94 bits per heavy atom. The van der Waals surface area contributed by atoms with E-state index in [2.05, 4.69) is 23.7 Å². The zero-order valence-corrected chi connectivity index (χ0v) is 32.3. The third-order valence-corrected chi connectivity index (χ3v) is 14.3. The van der Waals surface area contributed by atoms with Gasteiger partial charge in [-0.1, -0.05) is 37.6 Å². The van der Waals surface area contributed by atoms with Crippen molar-refractivity contribution in [3.63, 3.8) is 0 Å². The lowest BCUT2D eigenvalue weighted by Crippen LogP contribution is -2.41. The van der Waals surface area contributed by atoms with Crippen LogP contribution in [0, 0.1) is 0 Å². The fourth-order valence-corrected chi connectivity index (χ4v) is 11.2. The first kappa shape index (κ1) is 41.1. The molecule has 49 heavy (non-hydrogen) atoms. The van der Waals surface area contributed by atoms with Crippen LogP contribution in [0.5, 0.6) is 5.75 Å². The van der Waals surface area contributed by atoms with Crippen molar-refractivity contribution in [1.82, 2.24) is 9.88 Å². The number of fused-ring (bicyclic) bond motifs is 1. The number of amides is 1. The van der Waals surface area contributed by atoms with Crippen LogP contribution in [0.1, 0.15) is 66.9 Å². The average Bonchev–Trinajstić information content (AvgIpc) is 3.06. The minimum absolute atomic E-state index is 0.0179. The molecule has 3 rings (SSSR count). The molecule has 1 aromatic heterocycles. The molecule has 11 nitrogen and oxygen atoms in total. The second kappa shape index (κ2) is 19.9. The third kappa shape index (κ3) is 11.1.